The van der Waals surface area contributed by atoms with E-state index in [-0.39, 0.29) is 46.9 Å². The Bertz CT molecular complexity index is 2170. The maximum atomic E-state index is 15.0. The molecule has 3 fully saturated rings. The minimum Gasteiger partial charge on any atom is -0.471 e. The SMILES string of the molecule is CC(C)n1nc(O[C@@H]2C[C@H]3C(=O)N[C@]4(C(=O)NS(=O)(=O)C5CC5)C[C@H]4/C=C\CC[C@@H](C)C[C@@H](C)[C@H](N(C(=O)O)C(C)(C)C(F)(F)F)C(=O)N3C2)c2ccccc2c1=O. The van der Waals surface area contributed by atoms with Crippen LogP contribution in [0.3, 0.4) is 0 Å². The van der Waals surface area contributed by atoms with Gasteiger partial charge in [0.1, 0.15) is 29.3 Å². The van der Waals surface area contributed by atoms with E-state index in [9.17, 15) is 45.9 Å². The number of amides is 4. The van der Waals surface area contributed by atoms with Crippen molar-refractivity contribution in [3.8, 4) is 5.88 Å². The number of carbonyl (C=O) groups excluding carboxylic acids is 3. The van der Waals surface area contributed by atoms with Crippen molar-refractivity contribution >= 4 is 44.6 Å². The zero-order valence-corrected chi connectivity index (χ0v) is 34.1. The van der Waals surface area contributed by atoms with Crippen LogP contribution in [0, 0.1) is 17.8 Å². The average Bonchev–Trinajstić information content (AvgIpc) is 4.05. The summed E-state index contributed by atoms with van der Waals surface area (Å²) in [4.78, 5) is 70.7. The van der Waals surface area contributed by atoms with E-state index in [0.717, 1.165) is 4.90 Å². The number of nitrogens with zero attached hydrogens (tertiary/aromatic N) is 4. The molecule has 15 nitrogen and oxygen atoms in total. The Morgan fingerprint density at radius 2 is 1.72 bits per heavy atom. The molecule has 2 aromatic rings. The maximum absolute atomic E-state index is 15.0. The highest BCUT2D eigenvalue weighted by Crippen LogP contribution is 2.47. The van der Waals surface area contributed by atoms with Crippen LogP contribution in [0.15, 0.2) is 41.2 Å². The Morgan fingerprint density at radius 1 is 1.07 bits per heavy atom. The first-order chi connectivity index (χ1) is 27.0. The Morgan fingerprint density at radius 3 is 2.33 bits per heavy atom. The fourth-order valence-electron chi connectivity index (χ4n) is 8.26. The van der Waals surface area contributed by atoms with Crippen LogP contribution < -0.4 is 20.3 Å². The molecular formula is C39H51F3N6O9S. The predicted octanol–water partition coefficient (Wildman–Crippen LogP) is 4.51. The highest BCUT2D eigenvalue weighted by atomic mass is 32.2. The minimum absolute atomic E-state index is 0.0119. The van der Waals surface area contributed by atoms with Crippen LogP contribution in [0.25, 0.3) is 10.8 Å². The average molecular weight is 837 g/mol. The first-order valence-corrected chi connectivity index (χ1v) is 21.2. The monoisotopic (exact) mass is 836 g/mol. The molecule has 3 N–H and O–H groups in total. The third kappa shape index (κ3) is 8.14. The smallest absolute Gasteiger partial charge is 0.411 e. The van der Waals surface area contributed by atoms with Gasteiger partial charge in [0.25, 0.3) is 11.5 Å². The number of nitrogens with one attached hydrogen (secondary N) is 2. The first kappa shape index (κ1) is 42.9. The van der Waals surface area contributed by atoms with Crippen molar-refractivity contribution in [1.82, 2.24) is 29.6 Å². The van der Waals surface area contributed by atoms with Gasteiger partial charge in [-0.05, 0) is 90.2 Å². The van der Waals surface area contributed by atoms with Crippen LogP contribution in [-0.4, -0.2) is 104 Å². The van der Waals surface area contributed by atoms with E-state index in [4.69, 9.17) is 4.74 Å². The molecule has 2 aliphatic heterocycles. The third-order valence-electron chi connectivity index (χ3n) is 11.9. The van der Waals surface area contributed by atoms with Gasteiger partial charge in [-0.1, -0.05) is 38.1 Å². The minimum atomic E-state index is -5.11. The number of sulfonamides is 1. The number of allylic oxidation sites excluding steroid dienone is 1. The fourth-order valence-corrected chi connectivity index (χ4v) is 9.62. The number of fused-ring (bicyclic) bond motifs is 3. The van der Waals surface area contributed by atoms with Crippen molar-refractivity contribution in [1.29, 1.82) is 0 Å². The summed E-state index contributed by atoms with van der Waals surface area (Å²) in [5.41, 5.74) is -5.17. The zero-order valence-electron chi connectivity index (χ0n) is 33.3. The van der Waals surface area contributed by atoms with Crippen LogP contribution >= 0.6 is 0 Å². The van der Waals surface area contributed by atoms with Crippen molar-refractivity contribution in [3.63, 3.8) is 0 Å². The number of benzene rings is 1. The van der Waals surface area contributed by atoms with Gasteiger partial charge in [0, 0.05) is 12.3 Å². The molecule has 19 heteroatoms. The van der Waals surface area contributed by atoms with E-state index < -0.39 is 99.0 Å². The highest BCUT2D eigenvalue weighted by Gasteiger charge is 2.63. The Hall–Kier alpha value is -4.68. The molecule has 58 heavy (non-hydrogen) atoms. The van der Waals surface area contributed by atoms with Gasteiger partial charge in [-0.3, -0.25) is 28.8 Å². The van der Waals surface area contributed by atoms with E-state index in [0.29, 0.717) is 44.9 Å². The molecule has 0 radical (unpaired) electrons. The summed E-state index contributed by atoms with van der Waals surface area (Å²) >= 11 is 0. The predicted molar refractivity (Wildman–Crippen MR) is 205 cm³/mol. The van der Waals surface area contributed by atoms with E-state index in [1.165, 1.54) is 11.6 Å². The lowest BCUT2D eigenvalue weighted by atomic mass is 9.85. The molecule has 0 spiro atoms. The standard InChI is InChI=1S/C39H51F3N6O9S/c1-21(2)48-33(50)28-14-10-9-13-27(28)32(44-48)57-25-18-29-31(49)43-38(35(52)45-58(55,56)26-15-16-26)19-24(38)12-8-7-11-22(3)17-23(4)30(34(51)46(29)20-25)47(36(53)54)37(5,6)39(40,41)42/h8-10,12-14,21-26,29-30H,7,11,15-20H2,1-6H3,(H,43,49)(H,45,52)(H,53,54)/b12-8-/t22-,23-,24-,25-,29+,30+,38-/m1/s1. The first-order valence-electron chi connectivity index (χ1n) is 19.6. The third-order valence-corrected chi connectivity index (χ3v) is 13.7. The van der Waals surface area contributed by atoms with Crippen LogP contribution in [0.4, 0.5) is 18.0 Å². The van der Waals surface area contributed by atoms with E-state index in [1.807, 2.05) is 6.92 Å². The number of hydrogen-bond acceptors (Lipinski definition) is 9. The highest BCUT2D eigenvalue weighted by molar-refractivity contribution is 7.91. The molecule has 4 amide bonds. The second-order valence-corrected chi connectivity index (χ2v) is 19.1. The van der Waals surface area contributed by atoms with Crippen LogP contribution in [-0.2, 0) is 24.4 Å². The van der Waals surface area contributed by atoms with Crippen molar-refractivity contribution < 1.29 is 50.6 Å². The number of halogens is 3. The molecule has 0 unspecified atom stereocenters. The quantitative estimate of drug-likeness (QED) is 0.318. The van der Waals surface area contributed by atoms with Crippen molar-refractivity contribution in [2.24, 2.45) is 17.8 Å². The molecule has 4 aliphatic rings. The number of rotatable bonds is 8. The van der Waals surface area contributed by atoms with Crippen LogP contribution in [0.2, 0.25) is 0 Å². The van der Waals surface area contributed by atoms with Gasteiger partial charge < -0.3 is 20.1 Å². The molecule has 1 saturated heterocycles. The van der Waals surface area contributed by atoms with Gasteiger partial charge in [0.2, 0.25) is 27.7 Å². The number of alkyl halides is 3. The topological polar surface area (TPSA) is 197 Å². The molecule has 3 heterocycles. The zero-order chi connectivity index (χ0) is 42.7. The van der Waals surface area contributed by atoms with Crippen molar-refractivity contribution in [2.45, 2.75) is 133 Å². The Labute approximate surface area is 334 Å². The second kappa shape index (κ2) is 15.5. The maximum Gasteiger partial charge on any atom is 0.411 e. The van der Waals surface area contributed by atoms with Crippen molar-refractivity contribution in [3.05, 3.63) is 46.8 Å². The molecule has 1 aromatic heterocycles. The lowest BCUT2D eigenvalue weighted by molar-refractivity contribution is -0.222. The van der Waals surface area contributed by atoms with Crippen LogP contribution in [0.5, 0.6) is 5.88 Å². The Kier molecular flexibility index (Phi) is 11.5. The van der Waals surface area contributed by atoms with Gasteiger partial charge in [-0.2, -0.15) is 13.2 Å². The molecule has 7 atom stereocenters. The molecule has 318 valence electrons. The van der Waals surface area contributed by atoms with Gasteiger partial charge in [0.05, 0.1) is 28.6 Å². The summed E-state index contributed by atoms with van der Waals surface area (Å²) in [7, 11) is -4.04. The second-order valence-electron chi connectivity index (χ2n) is 17.1. The molecular weight excluding hydrogens is 786 g/mol. The molecule has 1 aromatic carbocycles. The van der Waals surface area contributed by atoms with E-state index in [2.05, 4.69) is 15.1 Å². The number of carboxylic acid groups (broad SMARTS) is 1. The van der Waals surface area contributed by atoms with Crippen molar-refractivity contribution in [2.75, 3.05) is 6.54 Å². The number of hydrogen-bond donors (Lipinski definition) is 3. The van der Waals surface area contributed by atoms with Gasteiger partial charge in [-0.15, -0.1) is 5.10 Å². The largest absolute Gasteiger partial charge is 0.471 e. The summed E-state index contributed by atoms with van der Waals surface area (Å²) in [6.07, 6.45) is -3.04. The van der Waals surface area contributed by atoms with Gasteiger partial charge >= 0.3 is 12.3 Å². The summed E-state index contributed by atoms with van der Waals surface area (Å²) in [5.74, 6) is -4.75. The normalized spacial score (nSPS) is 29.1. The number of carbonyl (C=O) groups is 4. The summed E-state index contributed by atoms with van der Waals surface area (Å²) in [6.45, 7) is 7.77. The fraction of sp³-hybridized carbons (Fsp3) is 0.641. The molecule has 2 saturated carbocycles. The number of aromatic nitrogens is 2. The van der Waals surface area contributed by atoms with E-state index >= 15 is 4.79 Å². The van der Waals surface area contributed by atoms with Gasteiger partial charge in [-0.25, -0.2) is 17.9 Å². The molecule has 2 aliphatic carbocycles. The molecule has 6 rings (SSSR count). The summed E-state index contributed by atoms with van der Waals surface area (Å²) in [5, 5.41) is 17.5. The lowest BCUT2D eigenvalue weighted by Crippen LogP contribution is -2.66. The summed E-state index contributed by atoms with van der Waals surface area (Å²) < 4.78 is 79.6. The number of ether oxygens (including phenoxy) is 1. The lowest BCUT2D eigenvalue weighted by Gasteiger charge is -2.45. The summed E-state index contributed by atoms with van der Waals surface area (Å²) in [6, 6.07) is 2.67. The molecule has 0 bridgehead atoms. The Balaban J connectivity index is 1.45. The van der Waals surface area contributed by atoms with E-state index in [1.54, 1.807) is 50.3 Å². The van der Waals surface area contributed by atoms with Crippen LogP contribution in [0.1, 0.15) is 92.5 Å². The van der Waals surface area contributed by atoms with Gasteiger partial charge in [0.15, 0.2) is 0 Å².